The number of nitrogens with zero attached hydrogens (tertiary/aromatic N) is 2. The molecule has 3 aromatic rings. The molecule has 5 heteroatoms. The van der Waals surface area contributed by atoms with Crippen molar-refractivity contribution in [2.45, 2.75) is 33.8 Å². The predicted octanol–water partition coefficient (Wildman–Crippen LogP) is 4.58. The van der Waals surface area contributed by atoms with Gasteiger partial charge in [0.1, 0.15) is 0 Å². The summed E-state index contributed by atoms with van der Waals surface area (Å²) in [6.45, 7) is 7.61. The maximum absolute atomic E-state index is 12.3. The molecule has 2 aromatic carbocycles. The van der Waals surface area contributed by atoms with Crippen molar-refractivity contribution >= 4 is 5.97 Å². The van der Waals surface area contributed by atoms with Gasteiger partial charge < -0.3 is 9.15 Å². The quantitative estimate of drug-likeness (QED) is 0.652. The molecular formula is C20H20N2O3. The molecule has 0 N–H and O–H groups in total. The van der Waals surface area contributed by atoms with Gasteiger partial charge in [0.05, 0.1) is 5.56 Å². The van der Waals surface area contributed by atoms with Crippen LogP contribution in [0.4, 0.5) is 0 Å². The number of aryl methyl sites for hydroxylation is 3. The lowest BCUT2D eigenvalue weighted by atomic mass is 10.1. The minimum Gasteiger partial charge on any atom is -0.449 e. The van der Waals surface area contributed by atoms with Crippen molar-refractivity contribution in [1.82, 2.24) is 10.2 Å². The van der Waals surface area contributed by atoms with E-state index in [1.54, 1.807) is 19.1 Å². The Hall–Kier alpha value is -2.95. The van der Waals surface area contributed by atoms with Crippen molar-refractivity contribution in [3.63, 3.8) is 0 Å². The summed E-state index contributed by atoms with van der Waals surface area (Å²) >= 11 is 0. The highest BCUT2D eigenvalue weighted by molar-refractivity contribution is 5.90. The number of carbonyl (C=O) groups is 1. The van der Waals surface area contributed by atoms with E-state index in [0.29, 0.717) is 11.5 Å². The normalized spacial score (nSPS) is 12.0. The Morgan fingerprint density at radius 1 is 0.960 bits per heavy atom. The molecule has 0 fully saturated rings. The zero-order chi connectivity index (χ0) is 18.0. The molecule has 0 aliphatic carbocycles. The SMILES string of the molecule is Cc1ccc(-c2nnc([C@H](C)OC(=O)c3cc(C)cc(C)c3)o2)cc1. The number of ether oxygens (including phenoxy) is 1. The Balaban J connectivity index is 1.74. The fourth-order valence-corrected chi connectivity index (χ4v) is 2.58. The molecule has 5 nitrogen and oxygen atoms in total. The van der Waals surface area contributed by atoms with Crippen LogP contribution in [0.25, 0.3) is 11.5 Å². The molecule has 0 saturated heterocycles. The number of benzene rings is 2. The summed E-state index contributed by atoms with van der Waals surface area (Å²) < 4.78 is 11.1. The second-order valence-corrected chi connectivity index (χ2v) is 6.24. The van der Waals surface area contributed by atoms with Crippen LogP contribution in [-0.4, -0.2) is 16.2 Å². The Labute approximate surface area is 146 Å². The van der Waals surface area contributed by atoms with Gasteiger partial charge in [-0.15, -0.1) is 10.2 Å². The van der Waals surface area contributed by atoms with Gasteiger partial charge in [-0.3, -0.25) is 0 Å². The summed E-state index contributed by atoms with van der Waals surface area (Å²) in [6, 6.07) is 13.4. The van der Waals surface area contributed by atoms with Gasteiger partial charge in [-0.2, -0.15) is 0 Å². The summed E-state index contributed by atoms with van der Waals surface area (Å²) in [4.78, 5) is 12.3. The molecule has 3 rings (SSSR count). The molecule has 0 aliphatic rings. The largest absolute Gasteiger partial charge is 0.449 e. The van der Waals surface area contributed by atoms with Gasteiger partial charge >= 0.3 is 5.97 Å². The fraction of sp³-hybridized carbons (Fsp3) is 0.250. The van der Waals surface area contributed by atoms with E-state index >= 15 is 0 Å². The molecule has 128 valence electrons. The molecular weight excluding hydrogens is 316 g/mol. The van der Waals surface area contributed by atoms with Crippen LogP contribution in [0.3, 0.4) is 0 Å². The molecule has 1 aromatic heterocycles. The van der Waals surface area contributed by atoms with Gasteiger partial charge in [0.2, 0.25) is 5.89 Å². The third kappa shape index (κ3) is 3.94. The lowest BCUT2D eigenvalue weighted by Gasteiger charge is -2.10. The Kier molecular flexibility index (Phi) is 4.65. The maximum atomic E-state index is 12.3. The first kappa shape index (κ1) is 16.9. The second kappa shape index (κ2) is 6.89. The zero-order valence-corrected chi connectivity index (χ0v) is 14.7. The molecule has 0 aliphatic heterocycles. The first-order chi connectivity index (χ1) is 11.9. The van der Waals surface area contributed by atoms with E-state index in [0.717, 1.165) is 22.3 Å². The first-order valence-corrected chi connectivity index (χ1v) is 8.12. The highest BCUT2D eigenvalue weighted by Crippen LogP contribution is 2.23. The van der Waals surface area contributed by atoms with Crippen LogP contribution < -0.4 is 0 Å². The van der Waals surface area contributed by atoms with Crippen LogP contribution in [0, 0.1) is 20.8 Å². The lowest BCUT2D eigenvalue weighted by Crippen LogP contribution is -2.10. The lowest BCUT2D eigenvalue weighted by molar-refractivity contribution is 0.0279. The maximum Gasteiger partial charge on any atom is 0.338 e. The number of aromatic nitrogens is 2. The first-order valence-electron chi connectivity index (χ1n) is 8.12. The van der Waals surface area contributed by atoms with E-state index in [-0.39, 0.29) is 5.89 Å². The van der Waals surface area contributed by atoms with Crippen molar-refractivity contribution < 1.29 is 13.9 Å². The van der Waals surface area contributed by atoms with Gasteiger partial charge in [0.25, 0.3) is 5.89 Å². The summed E-state index contributed by atoms with van der Waals surface area (Å²) in [5, 5.41) is 8.04. The Morgan fingerprint density at radius 2 is 1.60 bits per heavy atom. The van der Waals surface area contributed by atoms with Gasteiger partial charge in [0.15, 0.2) is 6.10 Å². The average molecular weight is 336 g/mol. The van der Waals surface area contributed by atoms with E-state index in [2.05, 4.69) is 10.2 Å². The number of rotatable bonds is 4. The summed E-state index contributed by atoms with van der Waals surface area (Å²) in [5.74, 6) is 0.270. The van der Waals surface area contributed by atoms with Crippen LogP contribution in [0.1, 0.15) is 46.0 Å². The Morgan fingerprint density at radius 3 is 2.24 bits per heavy atom. The summed E-state index contributed by atoms with van der Waals surface area (Å²) in [6.07, 6.45) is -0.625. The average Bonchev–Trinajstić information content (AvgIpc) is 3.04. The number of esters is 1. The third-order valence-electron chi connectivity index (χ3n) is 3.83. The monoisotopic (exact) mass is 336 g/mol. The minimum atomic E-state index is -0.625. The second-order valence-electron chi connectivity index (χ2n) is 6.24. The molecule has 0 amide bonds. The number of hydrogen-bond acceptors (Lipinski definition) is 5. The minimum absolute atomic E-state index is 0.272. The summed E-state index contributed by atoms with van der Waals surface area (Å²) in [7, 11) is 0. The smallest absolute Gasteiger partial charge is 0.338 e. The highest BCUT2D eigenvalue weighted by atomic mass is 16.6. The molecule has 25 heavy (non-hydrogen) atoms. The van der Waals surface area contributed by atoms with Gasteiger partial charge in [-0.1, -0.05) is 34.9 Å². The van der Waals surface area contributed by atoms with Crippen molar-refractivity contribution in [1.29, 1.82) is 0 Å². The van der Waals surface area contributed by atoms with Crippen LogP contribution in [0.5, 0.6) is 0 Å². The van der Waals surface area contributed by atoms with Crippen molar-refractivity contribution in [2.75, 3.05) is 0 Å². The van der Waals surface area contributed by atoms with Gasteiger partial charge in [0, 0.05) is 5.56 Å². The molecule has 0 unspecified atom stereocenters. The van der Waals surface area contributed by atoms with Crippen LogP contribution in [0.2, 0.25) is 0 Å². The summed E-state index contributed by atoms with van der Waals surface area (Å²) in [5.41, 5.74) is 4.53. The van der Waals surface area contributed by atoms with E-state index in [1.807, 2.05) is 51.1 Å². The highest BCUT2D eigenvalue weighted by Gasteiger charge is 2.20. The van der Waals surface area contributed by atoms with E-state index < -0.39 is 12.1 Å². The molecule has 0 radical (unpaired) electrons. The van der Waals surface area contributed by atoms with Crippen LogP contribution >= 0.6 is 0 Å². The van der Waals surface area contributed by atoms with E-state index in [4.69, 9.17) is 9.15 Å². The third-order valence-corrected chi connectivity index (χ3v) is 3.83. The molecule has 0 spiro atoms. The van der Waals surface area contributed by atoms with E-state index in [1.165, 1.54) is 0 Å². The van der Waals surface area contributed by atoms with Gasteiger partial charge in [-0.05, 0) is 52.0 Å². The van der Waals surface area contributed by atoms with Crippen LogP contribution in [-0.2, 0) is 4.74 Å². The van der Waals surface area contributed by atoms with Crippen molar-refractivity contribution in [3.8, 4) is 11.5 Å². The van der Waals surface area contributed by atoms with Crippen LogP contribution in [0.15, 0.2) is 46.9 Å². The molecule has 1 heterocycles. The molecule has 1 atom stereocenters. The standard InChI is InChI=1S/C20H20N2O3/c1-12-5-7-16(8-6-12)19-22-21-18(25-19)15(4)24-20(23)17-10-13(2)9-14(3)11-17/h5-11,15H,1-4H3/t15-/m0/s1. The number of carbonyl (C=O) groups excluding carboxylic acids is 1. The zero-order valence-electron chi connectivity index (χ0n) is 14.7. The number of hydrogen-bond donors (Lipinski definition) is 0. The molecule has 0 bridgehead atoms. The molecule has 0 saturated carbocycles. The van der Waals surface area contributed by atoms with Crippen molar-refractivity contribution in [2.24, 2.45) is 0 Å². The fourth-order valence-electron chi connectivity index (χ4n) is 2.58. The Bertz CT molecular complexity index is 877. The topological polar surface area (TPSA) is 65.2 Å². The van der Waals surface area contributed by atoms with Crippen molar-refractivity contribution in [3.05, 3.63) is 70.6 Å². The van der Waals surface area contributed by atoms with Gasteiger partial charge in [-0.25, -0.2) is 4.79 Å². The predicted molar refractivity (Wildman–Crippen MR) is 94.2 cm³/mol. The van der Waals surface area contributed by atoms with E-state index in [9.17, 15) is 4.79 Å².